The van der Waals surface area contributed by atoms with Crippen molar-refractivity contribution in [2.75, 3.05) is 5.73 Å². The van der Waals surface area contributed by atoms with Gasteiger partial charge in [-0.3, -0.25) is 14.8 Å². The van der Waals surface area contributed by atoms with E-state index in [1.807, 2.05) is 72.8 Å². The lowest BCUT2D eigenvalue weighted by Gasteiger charge is -2.13. The molecule has 0 saturated carbocycles. The summed E-state index contributed by atoms with van der Waals surface area (Å²) in [5.41, 5.74) is 11.0. The Morgan fingerprint density at radius 3 is 2.42 bits per heavy atom. The first-order valence-corrected chi connectivity index (χ1v) is 10.4. The standard InChI is InChI=1S/C26H20N6O/c27-25-24(26(33)30-16-17-10-13-28-14-11-17)31-23(22(32-25)18-5-2-1-3-6-18)20-8-9-21-19(15-20)7-4-12-29-21/h1-15H,16H2,(H2,27,32)(H,30,33). The zero-order valence-corrected chi connectivity index (χ0v) is 17.6. The second kappa shape index (κ2) is 8.84. The first kappa shape index (κ1) is 20.3. The number of anilines is 1. The van der Waals surface area contributed by atoms with Crippen molar-refractivity contribution >= 4 is 22.6 Å². The number of aromatic nitrogens is 4. The monoisotopic (exact) mass is 432 g/mol. The normalized spacial score (nSPS) is 10.8. The van der Waals surface area contributed by atoms with Gasteiger partial charge < -0.3 is 11.1 Å². The number of hydrogen-bond acceptors (Lipinski definition) is 6. The van der Waals surface area contributed by atoms with E-state index in [4.69, 9.17) is 10.7 Å². The summed E-state index contributed by atoms with van der Waals surface area (Å²) in [6.07, 6.45) is 5.11. The van der Waals surface area contributed by atoms with Crippen LogP contribution in [0, 0.1) is 0 Å². The number of pyridine rings is 2. The van der Waals surface area contributed by atoms with Crippen LogP contribution in [0.2, 0.25) is 0 Å². The molecule has 7 nitrogen and oxygen atoms in total. The third kappa shape index (κ3) is 4.24. The molecule has 160 valence electrons. The van der Waals surface area contributed by atoms with E-state index in [1.165, 1.54) is 0 Å². The Hall–Kier alpha value is -4.65. The highest BCUT2D eigenvalue weighted by molar-refractivity contribution is 5.98. The number of amides is 1. The average Bonchev–Trinajstić information content (AvgIpc) is 2.88. The molecule has 0 fully saturated rings. The first-order chi connectivity index (χ1) is 16.2. The third-order valence-electron chi connectivity index (χ3n) is 5.26. The smallest absolute Gasteiger partial charge is 0.274 e. The zero-order valence-electron chi connectivity index (χ0n) is 17.6. The molecule has 2 aromatic carbocycles. The molecule has 3 N–H and O–H groups in total. The summed E-state index contributed by atoms with van der Waals surface area (Å²) in [5.74, 6) is -0.313. The molecule has 0 unspecified atom stereocenters. The highest BCUT2D eigenvalue weighted by Crippen LogP contribution is 2.32. The molecular weight excluding hydrogens is 412 g/mol. The lowest BCUT2D eigenvalue weighted by Crippen LogP contribution is -2.25. The molecule has 7 heteroatoms. The number of nitrogen functional groups attached to an aromatic ring is 1. The summed E-state index contributed by atoms with van der Waals surface area (Å²) >= 11 is 0. The lowest BCUT2D eigenvalue weighted by atomic mass is 10.0. The molecule has 0 spiro atoms. The predicted molar refractivity (Wildman–Crippen MR) is 128 cm³/mol. The minimum Gasteiger partial charge on any atom is -0.382 e. The number of rotatable bonds is 5. The summed E-state index contributed by atoms with van der Waals surface area (Å²) < 4.78 is 0. The Morgan fingerprint density at radius 2 is 1.61 bits per heavy atom. The SMILES string of the molecule is Nc1nc(-c2ccccc2)c(-c2ccc3ncccc3c2)nc1C(=O)NCc1ccncc1. The highest BCUT2D eigenvalue weighted by atomic mass is 16.1. The molecule has 0 bridgehead atoms. The van der Waals surface area contributed by atoms with E-state index in [2.05, 4.69) is 20.3 Å². The number of benzene rings is 2. The van der Waals surface area contributed by atoms with E-state index in [1.54, 1.807) is 18.6 Å². The Bertz CT molecular complexity index is 1440. The van der Waals surface area contributed by atoms with Gasteiger partial charge in [-0.1, -0.05) is 42.5 Å². The van der Waals surface area contributed by atoms with Crippen molar-refractivity contribution in [3.8, 4) is 22.5 Å². The van der Waals surface area contributed by atoms with Crippen LogP contribution in [0.5, 0.6) is 0 Å². The highest BCUT2D eigenvalue weighted by Gasteiger charge is 2.20. The maximum atomic E-state index is 13.0. The molecule has 0 aliphatic carbocycles. The maximum absolute atomic E-state index is 13.0. The molecule has 5 rings (SSSR count). The number of carbonyl (C=O) groups is 1. The minimum atomic E-state index is -0.389. The average molecular weight is 432 g/mol. The van der Waals surface area contributed by atoms with Gasteiger partial charge in [0.15, 0.2) is 11.5 Å². The second-order valence-electron chi connectivity index (χ2n) is 7.47. The number of hydrogen-bond donors (Lipinski definition) is 2. The van der Waals surface area contributed by atoms with Gasteiger partial charge in [-0.05, 0) is 35.9 Å². The van der Waals surface area contributed by atoms with Gasteiger partial charge in [0.25, 0.3) is 5.91 Å². The number of nitrogens with two attached hydrogens (primary N) is 1. The molecule has 3 aromatic heterocycles. The quantitative estimate of drug-likeness (QED) is 0.430. The molecular formula is C26H20N6O. The molecule has 0 radical (unpaired) electrons. The van der Waals surface area contributed by atoms with Crippen LogP contribution < -0.4 is 11.1 Å². The molecule has 0 aliphatic heterocycles. The van der Waals surface area contributed by atoms with Crippen LogP contribution >= 0.6 is 0 Å². The van der Waals surface area contributed by atoms with Gasteiger partial charge >= 0.3 is 0 Å². The van der Waals surface area contributed by atoms with Gasteiger partial charge in [-0.15, -0.1) is 0 Å². The first-order valence-electron chi connectivity index (χ1n) is 10.4. The number of nitrogens with zero attached hydrogens (tertiary/aromatic N) is 4. The van der Waals surface area contributed by atoms with Gasteiger partial charge in [0.2, 0.25) is 0 Å². The van der Waals surface area contributed by atoms with Crippen LogP contribution in [-0.4, -0.2) is 25.8 Å². The largest absolute Gasteiger partial charge is 0.382 e. The van der Waals surface area contributed by atoms with E-state index in [0.29, 0.717) is 17.9 Å². The second-order valence-corrected chi connectivity index (χ2v) is 7.47. The van der Waals surface area contributed by atoms with Crippen molar-refractivity contribution in [2.24, 2.45) is 0 Å². The summed E-state index contributed by atoms with van der Waals surface area (Å²) in [7, 11) is 0. The maximum Gasteiger partial charge on any atom is 0.274 e. The topological polar surface area (TPSA) is 107 Å². The Balaban J connectivity index is 1.59. The van der Waals surface area contributed by atoms with Gasteiger partial charge in [-0.2, -0.15) is 0 Å². The number of carbonyl (C=O) groups excluding carboxylic acids is 1. The summed E-state index contributed by atoms with van der Waals surface area (Å²) in [4.78, 5) is 30.6. The van der Waals surface area contributed by atoms with Crippen LogP contribution in [0.4, 0.5) is 5.82 Å². The molecule has 5 aromatic rings. The van der Waals surface area contributed by atoms with E-state index < -0.39 is 0 Å². The van der Waals surface area contributed by atoms with Crippen molar-refractivity contribution in [3.63, 3.8) is 0 Å². The van der Waals surface area contributed by atoms with Crippen molar-refractivity contribution in [2.45, 2.75) is 6.54 Å². The van der Waals surface area contributed by atoms with Crippen LogP contribution in [0.1, 0.15) is 16.1 Å². The van der Waals surface area contributed by atoms with Crippen LogP contribution in [-0.2, 0) is 6.54 Å². The number of fused-ring (bicyclic) bond motifs is 1. The van der Waals surface area contributed by atoms with Gasteiger partial charge in [0.05, 0.1) is 16.9 Å². The van der Waals surface area contributed by atoms with Crippen molar-refractivity contribution in [3.05, 3.63) is 103 Å². The van der Waals surface area contributed by atoms with E-state index >= 15 is 0 Å². The summed E-state index contributed by atoms with van der Waals surface area (Å²) in [6, 6.07) is 23.1. The fourth-order valence-corrected chi connectivity index (χ4v) is 3.60. The fourth-order valence-electron chi connectivity index (χ4n) is 3.60. The van der Waals surface area contributed by atoms with Crippen molar-refractivity contribution in [1.82, 2.24) is 25.3 Å². The molecule has 0 saturated heterocycles. The lowest BCUT2D eigenvalue weighted by molar-refractivity contribution is 0.0946. The summed E-state index contributed by atoms with van der Waals surface area (Å²) in [6.45, 7) is 0.333. The number of nitrogens with one attached hydrogen (secondary N) is 1. The van der Waals surface area contributed by atoms with E-state index in [-0.39, 0.29) is 17.4 Å². The van der Waals surface area contributed by atoms with E-state index in [0.717, 1.165) is 27.6 Å². The predicted octanol–water partition coefficient (Wildman–Crippen LogP) is 4.27. The van der Waals surface area contributed by atoms with Crippen molar-refractivity contribution in [1.29, 1.82) is 0 Å². The van der Waals surface area contributed by atoms with E-state index in [9.17, 15) is 4.79 Å². The van der Waals surface area contributed by atoms with Crippen LogP contribution in [0.3, 0.4) is 0 Å². The Labute approximate surface area is 190 Å². The Morgan fingerprint density at radius 1 is 0.818 bits per heavy atom. The third-order valence-corrected chi connectivity index (χ3v) is 5.26. The molecule has 0 aliphatic rings. The van der Waals surface area contributed by atoms with Crippen LogP contribution in [0.25, 0.3) is 33.4 Å². The molecule has 0 atom stereocenters. The van der Waals surface area contributed by atoms with Crippen LogP contribution in [0.15, 0.2) is 91.4 Å². The fraction of sp³-hybridized carbons (Fsp3) is 0.0385. The van der Waals surface area contributed by atoms with Gasteiger partial charge in [0.1, 0.15) is 0 Å². The zero-order chi connectivity index (χ0) is 22.6. The minimum absolute atomic E-state index is 0.0762. The molecule has 1 amide bonds. The Kier molecular flexibility index (Phi) is 5.43. The molecule has 3 heterocycles. The van der Waals surface area contributed by atoms with Crippen molar-refractivity contribution < 1.29 is 4.79 Å². The van der Waals surface area contributed by atoms with Gasteiger partial charge in [-0.25, -0.2) is 9.97 Å². The molecule has 33 heavy (non-hydrogen) atoms. The summed E-state index contributed by atoms with van der Waals surface area (Å²) in [5, 5.41) is 3.83. The van der Waals surface area contributed by atoms with Gasteiger partial charge in [0, 0.05) is 41.6 Å².